The fraction of sp³-hybridized carbons (Fsp3) is 0.833. The largest absolute Gasteiger partial charge is 0.324 e. The van der Waals surface area contributed by atoms with Crippen LogP contribution >= 0.6 is 0 Å². The predicted octanol–water partition coefficient (Wildman–Crippen LogP) is 3.25. The lowest BCUT2D eigenvalue weighted by Gasteiger charge is -2.32. The van der Waals surface area contributed by atoms with Gasteiger partial charge in [-0.3, -0.25) is 0 Å². The summed E-state index contributed by atoms with van der Waals surface area (Å²) in [6.45, 7) is 6.56. The van der Waals surface area contributed by atoms with Gasteiger partial charge in [0.2, 0.25) is 0 Å². The van der Waals surface area contributed by atoms with E-state index in [2.05, 4.69) is 26.8 Å². The Hall–Kier alpha value is -0.300. The van der Waals surface area contributed by atoms with Crippen molar-refractivity contribution in [2.45, 2.75) is 58.9 Å². The van der Waals surface area contributed by atoms with E-state index in [1.165, 1.54) is 37.7 Å². The van der Waals surface area contributed by atoms with Crippen LogP contribution in [0.1, 0.15) is 52.9 Å². The Kier molecular flexibility index (Phi) is 3.55. The molecule has 0 saturated heterocycles. The Morgan fingerprint density at radius 3 is 2.31 bits per heavy atom. The van der Waals surface area contributed by atoms with Gasteiger partial charge in [0.15, 0.2) is 0 Å². The smallest absolute Gasteiger partial charge is 0.0283 e. The van der Waals surface area contributed by atoms with Crippen molar-refractivity contribution in [2.24, 2.45) is 11.1 Å². The summed E-state index contributed by atoms with van der Waals surface area (Å²) in [5.74, 6) is 0. The van der Waals surface area contributed by atoms with Gasteiger partial charge in [-0.05, 0) is 38.5 Å². The second kappa shape index (κ2) is 4.28. The first-order valence-electron chi connectivity index (χ1n) is 5.51. The fourth-order valence-corrected chi connectivity index (χ4v) is 2.54. The standard InChI is InChI=1S/C12H23N/c1-4-12(7-5-6-8-12)11(13)9-10(2)3/h9,11H,4-8,13H2,1-3H3. The fourth-order valence-electron chi connectivity index (χ4n) is 2.54. The molecule has 0 aromatic rings. The normalized spacial score (nSPS) is 22.8. The van der Waals surface area contributed by atoms with Crippen molar-refractivity contribution in [1.29, 1.82) is 0 Å². The molecule has 1 unspecified atom stereocenters. The first-order chi connectivity index (χ1) is 6.10. The van der Waals surface area contributed by atoms with Crippen molar-refractivity contribution in [3.8, 4) is 0 Å². The van der Waals surface area contributed by atoms with Crippen LogP contribution in [0.25, 0.3) is 0 Å². The monoisotopic (exact) mass is 181 g/mol. The van der Waals surface area contributed by atoms with E-state index in [9.17, 15) is 0 Å². The third-order valence-electron chi connectivity index (χ3n) is 3.52. The molecule has 1 aliphatic carbocycles. The van der Waals surface area contributed by atoms with Crippen LogP contribution in [0, 0.1) is 5.41 Å². The lowest BCUT2D eigenvalue weighted by molar-refractivity contribution is 0.251. The highest BCUT2D eigenvalue weighted by Crippen LogP contribution is 2.43. The molecular formula is C12H23N. The summed E-state index contributed by atoms with van der Waals surface area (Å²) in [5.41, 5.74) is 8.03. The summed E-state index contributed by atoms with van der Waals surface area (Å²) in [4.78, 5) is 0. The topological polar surface area (TPSA) is 26.0 Å². The van der Waals surface area contributed by atoms with Gasteiger partial charge < -0.3 is 5.73 Å². The zero-order valence-corrected chi connectivity index (χ0v) is 9.27. The molecule has 0 aliphatic heterocycles. The minimum absolute atomic E-state index is 0.282. The van der Waals surface area contributed by atoms with Crippen molar-refractivity contribution in [1.82, 2.24) is 0 Å². The van der Waals surface area contributed by atoms with E-state index in [-0.39, 0.29) is 6.04 Å². The number of allylic oxidation sites excluding steroid dienone is 1. The molecular weight excluding hydrogens is 158 g/mol. The first-order valence-corrected chi connectivity index (χ1v) is 5.51. The average Bonchev–Trinajstić information content (AvgIpc) is 2.51. The van der Waals surface area contributed by atoms with Crippen molar-refractivity contribution in [3.63, 3.8) is 0 Å². The Morgan fingerprint density at radius 1 is 1.38 bits per heavy atom. The van der Waals surface area contributed by atoms with Crippen LogP contribution in [-0.2, 0) is 0 Å². The molecule has 1 fully saturated rings. The minimum Gasteiger partial charge on any atom is -0.324 e. The maximum atomic E-state index is 6.25. The minimum atomic E-state index is 0.282. The Labute approximate surface area is 82.4 Å². The molecule has 1 saturated carbocycles. The van der Waals surface area contributed by atoms with Gasteiger partial charge in [-0.25, -0.2) is 0 Å². The molecule has 1 nitrogen and oxygen atoms in total. The third kappa shape index (κ3) is 2.34. The van der Waals surface area contributed by atoms with Crippen molar-refractivity contribution in [2.75, 3.05) is 0 Å². The number of rotatable bonds is 3. The molecule has 13 heavy (non-hydrogen) atoms. The summed E-state index contributed by atoms with van der Waals surface area (Å²) >= 11 is 0. The lowest BCUT2D eigenvalue weighted by atomic mass is 9.76. The average molecular weight is 181 g/mol. The number of hydrogen-bond donors (Lipinski definition) is 1. The van der Waals surface area contributed by atoms with Crippen LogP contribution in [0.4, 0.5) is 0 Å². The Balaban J connectivity index is 2.70. The maximum absolute atomic E-state index is 6.25. The number of nitrogens with two attached hydrogens (primary N) is 1. The van der Waals surface area contributed by atoms with E-state index in [1.54, 1.807) is 0 Å². The van der Waals surface area contributed by atoms with Gasteiger partial charge in [0.25, 0.3) is 0 Å². The summed E-state index contributed by atoms with van der Waals surface area (Å²) in [6, 6.07) is 0.282. The van der Waals surface area contributed by atoms with Crippen LogP contribution < -0.4 is 5.73 Å². The van der Waals surface area contributed by atoms with E-state index in [0.717, 1.165) is 0 Å². The van der Waals surface area contributed by atoms with Crippen molar-refractivity contribution >= 4 is 0 Å². The zero-order valence-electron chi connectivity index (χ0n) is 9.27. The Morgan fingerprint density at radius 2 is 1.92 bits per heavy atom. The highest BCUT2D eigenvalue weighted by Gasteiger charge is 2.36. The van der Waals surface area contributed by atoms with E-state index >= 15 is 0 Å². The van der Waals surface area contributed by atoms with Crippen molar-refractivity contribution < 1.29 is 0 Å². The van der Waals surface area contributed by atoms with Gasteiger partial charge in [-0.1, -0.05) is 31.4 Å². The third-order valence-corrected chi connectivity index (χ3v) is 3.52. The summed E-state index contributed by atoms with van der Waals surface area (Å²) in [7, 11) is 0. The zero-order chi connectivity index (χ0) is 9.90. The molecule has 76 valence electrons. The Bertz CT molecular complexity index is 183. The van der Waals surface area contributed by atoms with Gasteiger partial charge in [0, 0.05) is 6.04 Å². The first kappa shape index (κ1) is 10.8. The SMILES string of the molecule is CCC1(C(N)C=C(C)C)CCCC1. The van der Waals surface area contributed by atoms with Gasteiger partial charge in [0.05, 0.1) is 0 Å². The van der Waals surface area contributed by atoms with Gasteiger partial charge in [-0.2, -0.15) is 0 Å². The molecule has 2 N–H and O–H groups in total. The van der Waals surface area contributed by atoms with E-state index in [4.69, 9.17) is 5.73 Å². The summed E-state index contributed by atoms with van der Waals surface area (Å²) < 4.78 is 0. The van der Waals surface area contributed by atoms with Crippen LogP contribution in [0.5, 0.6) is 0 Å². The van der Waals surface area contributed by atoms with E-state index in [0.29, 0.717) is 5.41 Å². The highest BCUT2D eigenvalue weighted by atomic mass is 14.7. The summed E-state index contributed by atoms with van der Waals surface area (Å²) in [6.07, 6.45) is 8.88. The molecule has 1 heteroatoms. The number of hydrogen-bond acceptors (Lipinski definition) is 1. The molecule has 0 radical (unpaired) electrons. The molecule has 1 rings (SSSR count). The highest BCUT2D eigenvalue weighted by molar-refractivity contribution is 5.07. The second-order valence-corrected chi connectivity index (χ2v) is 4.69. The molecule has 0 heterocycles. The van der Waals surface area contributed by atoms with Crippen molar-refractivity contribution in [3.05, 3.63) is 11.6 Å². The molecule has 0 bridgehead atoms. The van der Waals surface area contributed by atoms with Crippen LogP contribution in [0.15, 0.2) is 11.6 Å². The molecule has 0 aromatic carbocycles. The lowest BCUT2D eigenvalue weighted by Crippen LogP contribution is -2.38. The molecule has 0 amide bonds. The van der Waals surface area contributed by atoms with Gasteiger partial charge in [0.1, 0.15) is 0 Å². The second-order valence-electron chi connectivity index (χ2n) is 4.69. The van der Waals surface area contributed by atoms with E-state index < -0.39 is 0 Å². The van der Waals surface area contributed by atoms with E-state index in [1.807, 2.05) is 0 Å². The van der Waals surface area contributed by atoms with Crippen LogP contribution in [0.3, 0.4) is 0 Å². The molecule has 0 aromatic heterocycles. The quantitative estimate of drug-likeness (QED) is 0.664. The molecule has 1 atom stereocenters. The van der Waals surface area contributed by atoms with Gasteiger partial charge in [-0.15, -0.1) is 0 Å². The summed E-state index contributed by atoms with van der Waals surface area (Å²) in [5, 5.41) is 0. The van der Waals surface area contributed by atoms with Crippen LogP contribution in [-0.4, -0.2) is 6.04 Å². The maximum Gasteiger partial charge on any atom is 0.0283 e. The van der Waals surface area contributed by atoms with Crippen LogP contribution in [0.2, 0.25) is 0 Å². The molecule has 0 spiro atoms. The molecule has 1 aliphatic rings. The predicted molar refractivity (Wildman–Crippen MR) is 58.6 cm³/mol. The van der Waals surface area contributed by atoms with Gasteiger partial charge >= 0.3 is 0 Å².